The Bertz CT molecular complexity index is 629. The van der Waals surface area contributed by atoms with E-state index in [9.17, 15) is 0 Å². The highest BCUT2D eigenvalue weighted by molar-refractivity contribution is 6.60. The van der Waals surface area contributed by atoms with E-state index in [4.69, 9.17) is 23.3 Å². The molecule has 9 nitrogen and oxygen atoms in total. The van der Waals surface area contributed by atoms with Crippen molar-refractivity contribution >= 4 is 20.7 Å². The van der Waals surface area contributed by atoms with Crippen LogP contribution in [-0.2, 0) is 13.3 Å². The molecule has 0 bridgehead atoms. The molecule has 0 saturated heterocycles. The highest BCUT2D eigenvalue weighted by Gasteiger charge is 2.41. The summed E-state index contributed by atoms with van der Waals surface area (Å²) in [7, 11) is -1.07. The van der Waals surface area contributed by atoms with Gasteiger partial charge in [-0.15, -0.1) is 0 Å². The first kappa shape index (κ1) is 34.6. The van der Waals surface area contributed by atoms with E-state index in [-0.39, 0.29) is 30.3 Å². The fraction of sp³-hybridized carbons (Fsp3) is 0.923. The first-order valence-electron chi connectivity index (χ1n) is 13.8. The van der Waals surface area contributed by atoms with E-state index in [1.165, 1.54) is 0 Å². The summed E-state index contributed by atoms with van der Waals surface area (Å²) in [6.07, 6.45) is 0.958. The molecule has 0 saturated carbocycles. The maximum Gasteiger partial charge on any atom is 0.501 e. The molecular weight excluding hydrogens is 472 g/mol. The van der Waals surface area contributed by atoms with Gasteiger partial charge in [-0.25, -0.2) is 0 Å². The summed E-state index contributed by atoms with van der Waals surface area (Å²) < 4.78 is 18.4. The van der Waals surface area contributed by atoms with Crippen LogP contribution in [0.15, 0.2) is 9.98 Å². The molecule has 0 spiro atoms. The van der Waals surface area contributed by atoms with Crippen LogP contribution in [0.2, 0.25) is 6.04 Å². The Hall–Kier alpha value is -1.36. The minimum Gasteiger partial charge on any atom is -0.377 e. The van der Waals surface area contributed by atoms with Crippen LogP contribution in [0.25, 0.3) is 0 Å². The molecule has 0 aromatic rings. The SMILES string of the molecule is CO[Si](CCCN(CCNC(=NC(C)C)NC(C)C)C(=NC(C)C)NC(C)C)(OC(C)C)OC(C)C. The van der Waals surface area contributed by atoms with Gasteiger partial charge in [0.15, 0.2) is 11.9 Å². The average Bonchev–Trinajstić information content (AvgIpc) is 2.69. The van der Waals surface area contributed by atoms with Gasteiger partial charge in [-0.1, -0.05) is 0 Å². The minimum atomic E-state index is -2.78. The molecule has 10 heteroatoms. The number of aliphatic imine (C=N–C) groups is 2. The van der Waals surface area contributed by atoms with Gasteiger partial charge in [0.2, 0.25) is 0 Å². The van der Waals surface area contributed by atoms with Crippen molar-refractivity contribution in [3.63, 3.8) is 0 Å². The van der Waals surface area contributed by atoms with Crippen molar-refractivity contribution in [3.05, 3.63) is 0 Å². The second-order valence-corrected chi connectivity index (χ2v) is 13.7. The van der Waals surface area contributed by atoms with Gasteiger partial charge in [-0.05, 0) is 89.5 Å². The Morgan fingerprint density at radius 3 is 1.69 bits per heavy atom. The van der Waals surface area contributed by atoms with Gasteiger partial charge in [-0.2, -0.15) is 0 Å². The molecule has 0 heterocycles. The van der Waals surface area contributed by atoms with Crippen molar-refractivity contribution in [1.29, 1.82) is 0 Å². The van der Waals surface area contributed by atoms with E-state index in [0.717, 1.165) is 44.0 Å². The summed E-state index contributed by atoms with van der Waals surface area (Å²) >= 11 is 0. The van der Waals surface area contributed by atoms with Crippen LogP contribution in [0.5, 0.6) is 0 Å². The first-order valence-corrected chi connectivity index (χ1v) is 15.7. The number of rotatable bonds is 16. The van der Waals surface area contributed by atoms with Gasteiger partial charge in [0.1, 0.15) is 0 Å². The van der Waals surface area contributed by atoms with Gasteiger partial charge in [-0.3, -0.25) is 9.98 Å². The standard InChI is InChI=1S/C26H58N6O3Si/c1-19(2)28-25(29-20(3)4)27-15-17-32(26(30-21(5)6)31-22(7)8)16-14-18-36(33-13,34-23(9)10)35-24(11)12/h19-24H,14-18H2,1-13H3,(H,30,31)(H2,27,28,29). The van der Waals surface area contributed by atoms with Crippen LogP contribution in [0.3, 0.4) is 0 Å². The van der Waals surface area contributed by atoms with Crippen molar-refractivity contribution in [1.82, 2.24) is 20.9 Å². The quantitative estimate of drug-likeness (QED) is 0.156. The highest BCUT2D eigenvalue weighted by Crippen LogP contribution is 2.21. The van der Waals surface area contributed by atoms with Crippen LogP contribution in [0.4, 0.5) is 0 Å². The molecule has 36 heavy (non-hydrogen) atoms. The molecule has 0 unspecified atom stereocenters. The van der Waals surface area contributed by atoms with Gasteiger partial charge in [0, 0.05) is 69.2 Å². The van der Waals surface area contributed by atoms with Crippen molar-refractivity contribution in [2.45, 2.75) is 132 Å². The predicted octanol–water partition coefficient (Wildman–Crippen LogP) is 4.23. The normalized spacial score (nSPS) is 13.6. The predicted molar refractivity (Wildman–Crippen MR) is 156 cm³/mol. The number of hydrogen-bond acceptors (Lipinski definition) is 5. The maximum absolute atomic E-state index is 6.25. The summed E-state index contributed by atoms with van der Waals surface area (Å²) in [6.45, 7) is 27.3. The second kappa shape index (κ2) is 18.0. The molecule has 0 aliphatic rings. The van der Waals surface area contributed by atoms with E-state index in [2.05, 4.69) is 76.2 Å². The van der Waals surface area contributed by atoms with Crippen LogP contribution in [0.1, 0.15) is 89.5 Å². The topological polar surface area (TPSA) is 91.7 Å². The van der Waals surface area contributed by atoms with Crippen molar-refractivity contribution < 1.29 is 13.3 Å². The lowest BCUT2D eigenvalue weighted by Crippen LogP contribution is -2.51. The summed E-state index contributed by atoms with van der Waals surface area (Å²) in [5.74, 6) is 1.75. The lowest BCUT2D eigenvalue weighted by atomic mass is 10.3. The first-order chi connectivity index (χ1) is 16.7. The molecule has 0 aliphatic carbocycles. The van der Waals surface area contributed by atoms with E-state index < -0.39 is 8.80 Å². The van der Waals surface area contributed by atoms with Crippen LogP contribution in [-0.4, -0.2) is 88.7 Å². The Balaban J connectivity index is 5.64. The third kappa shape index (κ3) is 16.4. The molecule has 0 aromatic heterocycles. The Labute approximate surface area is 223 Å². The summed E-state index contributed by atoms with van der Waals surface area (Å²) in [4.78, 5) is 11.9. The minimum absolute atomic E-state index is 0.0449. The summed E-state index contributed by atoms with van der Waals surface area (Å²) in [5.41, 5.74) is 0. The molecular formula is C26H58N6O3Si. The van der Waals surface area contributed by atoms with Gasteiger partial charge < -0.3 is 34.1 Å². The molecule has 0 aromatic carbocycles. The molecule has 0 fully saturated rings. The fourth-order valence-corrected chi connectivity index (χ4v) is 6.28. The molecule has 0 atom stereocenters. The third-order valence-electron chi connectivity index (χ3n) is 4.64. The largest absolute Gasteiger partial charge is 0.501 e. The zero-order valence-electron chi connectivity index (χ0n) is 25.6. The highest BCUT2D eigenvalue weighted by atomic mass is 28.4. The molecule has 0 amide bonds. The number of guanidine groups is 2. The summed E-state index contributed by atoms with van der Waals surface area (Å²) in [5, 5.41) is 10.5. The van der Waals surface area contributed by atoms with Gasteiger partial charge >= 0.3 is 8.80 Å². The van der Waals surface area contributed by atoms with Crippen molar-refractivity contribution in [2.75, 3.05) is 26.7 Å². The van der Waals surface area contributed by atoms with Gasteiger partial charge in [0.25, 0.3) is 0 Å². The van der Waals surface area contributed by atoms with E-state index in [1.54, 1.807) is 7.11 Å². The monoisotopic (exact) mass is 530 g/mol. The lowest BCUT2D eigenvalue weighted by molar-refractivity contribution is 0.0321. The van der Waals surface area contributed by atoms with Crippen LogP contribution in [0, 0.1) is 0 Å². The van der Waals surface area contributed by atoms with Crippen LogP contribution >= 0.6 is 0 Å². The Morgan fingerprint density at radius 2 is 1.28 bits per heavy atom. The smallest absolute Gasteiger partial charge is 0.377 e. The van der Waals surface area contributed by atoms with Gasteiger partial charge in [0.05, 0.1) is 0 Å². The summed E-state index contributed by atoms with van der Waals surface area (Å²) in [6, 6.07) is 1.73. The molecule has 0 aliphatic heterocycles. The van der Waals surface area contributed by atoms with Crippen LogP contribution < -0.4 is 16.0 Å². The van der Waals surface area contributed by atoms with E-state index in [1.807, 2.05) is 27.7 Å². The average molecular weight is 531 g/mol. The zero-order valence-corrected chi connectivity index (χ0v) is 26.6. The molecule has 214 valence electrons. The van der Waals surface area contributed by atoms with E-state index in [0.29, 0.717) is 6.04 Å². The fourth-order valence-electron chi connectivity index (χ4n) is 3.56. The maximum atomic E-state index is 6.25. The molecule has 0 rings (SSSR count). The van der Waals surface area contributed by atoms with Crippen molar-refractivity contribution in [3.8, 4) is 0 Å². The third-order valence-corrected chi connectivity index (χ3v) is 7.89. The van der Waals surface area contributed by atoms with Crippen molar-refractivity contribution in [2.24, 2.45) is 9.98 Å². The molecule has 3 N–H and O–H groups in total. The lowest BCUT2D eigenvalue weighted by Gasteiger charge is -2.33. The number of nitrogens with zero attached hydrogens (tertiary/aromatic N) is 3. The zero-order chi connectivity index (χ0) is 27.9. The Kier molecular flexibility index (Phi) is 17.3. The number of hydrogen-bond donors (Lipinski definition) is 3. The molecule has 0 radical (unpaired) electrons. The van der Waals surface area contributed by atoms with E-state index >= 15 is 0 Å². The Morgan fingerprint density at radius 1 is 0.750 bits per heavy atom. The second-order valence-electron chi connectivity index (χ2n) is 11.0. The number of nitrogens with one attached hydrogen (secondary N) is 3.